The van der Waals surface area contributed by atoms with Crippen molar-refractivity contribution >= 4 is 11.9 Å². The molecule has 0 aromatic rings. The highest BCUT2D eigenvalue weighted by Crippen LogP contribution is 2.17. The maximum atomic E-state index is 12.5. The van der Waals surface area contributed by atoms with E-state index < -0.39 is 12.1 Å². The van der Waals surface area contributed by atoms with Gasteiger partial charge in [0.05, 0.1) is 25.4 Å². The predicted molar refractivity (Wildman–Crippen MR) is 269 cm³/mol. The Morgan fingerprint density at radius 1 is 0.435 bits per heavy atom. The van der Waals surface area contributed by atoms with Gasteiger partial charge in [-0.25, -0.2) is 0 Å². The number of esters is 1. The van der Waals surface area contributed by atoms with Gasteiger partial charge in [-0.3, -0.25) is 9.59 Å². The normalized spacial score (nSPS) is 12.6. The van der Waals surface area contributed by atoms with E-state index in [9.17, 15) is 19.8 Å². The molecule has 1 amide bonds. The zero-order valence-corrected chi connectivity index (χ0v) is 41.9. The van der Waals surface area contributed by atoms with Gasteiger partial charge in [-0.05, 0) is 51.4 Å². The van der Waals surface area contributed by atoms with Gasteiger partial charge in [-0.1, -0.05) is 257 Å². The highest BCUT2D eigenvalue weighted by atomic mass is 16.5. The molecule has 0 heterocycles. The van der Waals surface area contributed by atoms with Gasteiger partial charge in [-0.15, -0.1) is 0 Å². The minimum atomic E-state index is -0.669. The van der Waals surface area contributed by atoms with Crippen LogP contribution in [0.5, 0.6) is 0 Å². The number of carbonyl (C=O) groups excluding carboxylic acids is 2. The van der Waals surface area contributed by atoms with Crippen LogP contribution in [-0.2, 0) is 14.3 Å². The number of ether oxygens (including phenoxy) is 1. The summed E-state index contributed by atoms with van der Waals surface area (Å²) in [5, 5.41) is 23.2. The third-order valence-corrected chi connectivity index (χ3v) is 13.1. The standard InChI is InChI=1S/C56H109NO5/c1-3-5-7-9-11-13-15-16-22-25-29-32-36-40-44-48-54(59)53(52-58)57-55(60)49-45-41-37-33-30-26-23-20-18-17-19-21-24-27-31-35-39-43-47-51-62-56(61)50-46-42-38-34-28-14-12-10-8-6-4-2/h17-18,53-54,58-59H,3-16,19-52H2,1-2H3,(H,57,60)/b18-17-. The molecule has 2 unspecified atom stereocenters. The number of carbonyl (C=O) groups is 2. The zero-order chi connectivity index (χ0) is 45.1. The molecule has 0 spiro atoms. The molecule has 0 bridgehead atoms. The van der Waals surface area contributed by atoms with Crippen molar-refractivity contribution in [3.05, 3.63) is 12.2 Å². The molecular weight excluding hydrogens is 767 g/mol. The predicted octanol–water partition coefficient (Wildman–Crippen LogP) is 16.9. The third-order valence-electron chi connectivity index (χ3n) is 13.1. The first-order chi connectivity index (χ1) is 30.5. The first kappa shape index (κ1) is 60.6. The fourth-order valence-corrected chi connectivity index (χ4v) is 8.75. The van der Waals surface area contributed by atoms with Crippen molar-refractivity contribution < 1.29 is 24.5 Å². The van der Waals surface area contributed by atoms with Gasteiger partial charge in [0.2, 0.25) is 5.91 Å². The SMILES string of the molecule is CCCCCCCCCCCCCCCCCC(O)C(CO)NC(=O)CCCCCCCCC/C=C\CCCCCCCCCCOC(=O)CCCCCCCCCCCCC. The quantitative estimate of drug-likeness (QED) is 0.0321. The van der Waals surface area contributed by atoms with E-state index in [-0.39, 0.29) is 18.5 Å². The summed E-state index contributed by atoms with van der Waals surface area (Å²) in [6.07, 6.45) is 60.5. The van der Waals surface area contributed by atoms with Crippen LogP contribution in [0.25, 0.3) is 0 Å². The smallest absolute Gasteiger partial charge is 0.305 e. The van der Waals surface area contributed by atoms with Crippen molar-refractivity contribution in [1.82, 2.24) is 5.32 Å². The van der Waals surface area contributed by atoms with Gasteiger partial charge in [-0.2, -0.15) is 0 Å². The topological polar surface area (TPSA) is 95.9 Å². The van der Waals surface area contributed by atoms with Gasteiger partial charge < -0.3 is 20.3 Å². The van der Waals surface area contributed by atoms with Gasteiger partial charge in [0.25, 0.3) is 0 Å². The number of hydrogen-bond acceptors (Lipinski definition) is 5. The molecule has 0 aromatic heterocycles. The fraction of sp³-hybridized carbons (Fsp3) is 0.929. The Hall–Kier alpha value is -1.40. The largest absolute Gasteiger partial charge is 0.466 e. The Labute approximate surface area is 387 Å². The number of unbranched alkanes of at least 4 members (excludes halogenated alkanes) is 39. The summed E-state index contributed by atoms with van der Waals surface area (Å²) in [5.74, 6) is -0.0389. The van der Waals surface area contributed by atoms with Crippen LogP contribution in [-0.4, -0.2) is 47.4 Å². The highest BCUT2D eigenvalue weighted by Gasteiger charge is 2.20. The van der Waals surface area contributed by atoms with Crippen molar-refractivity contribution in [2.45, 2.75) is 321 Å². The molecule has 62 heavy (non-hydrogen) atoms. The van der Waals surface area contributed by atoms with Crippen LogP contribution in [0.15, 0.2) is 12.2 Å². The minimum absolute atomic E-state index is 0.00398. The van der Waals surface area contributed by atoms with Crippen LogP contribution in [0, 0.1) is 0 Å². The van der Waals surface area contributed by atoms with Crippen LogP contribution < -0.4 is 5.32 Å². The van der Waals surface area contributed by atoms with Gasteiger partial charge in [0.1, 0.15) is 0 Å². The Kier molecular flexibility index (Phi) is 51.0. The molecule has 0 saturated carbocycles. The minimum Gasteiger partial charge on any atom is -0.466 e. The molecule has 0 radical (unpaired) electrons. The molecule has 0 saturated heterocycles. The van der Waals surface area contributed by atoms with Crippen molar-refractivity contribution in [3.63, 3.8) is 0 Å². The van der Waals surface area contributed by atoms with E-state index >= 15 is 0 Å². The van der Waals surface area contributed by atoms with E-state index in [2.05, 4.69) is 31.3 Å². The zero-order valence-electron chi connectivity index (χ0n) is 41.9. The summed E-state index contributed by atoms with van der Waals surface area (Å²) in [4.78, 5) is 24.4. The molecule has 0 aliphatic carbocycles. The summed E-state index contributed by atoms with van der Waals surface area (Å²) >= 11 is 0. The molecule has 2 atom stereocenters. The van der Waals surface area contributed by atoms with E-state index in [4.69, 9.17) is 4.74 Å². The van der Waals surface area contributed by atoms with Crippen molar-refractivity contribution in [1.29, 1.82) is 0 Å². The second kappa shape index (κ2) is 52.2. The lowest BCUT2D eigenvalue weighted by atomic mass is 10.0. The average Bonchev–Trinajstić information content (AvgIpc) is 3.27. The Balaban J connectivity index is 3.44. The van der Waals surface area contributed by atoms with Crippen LogP contribution >= 0.6 is 0 Å². The fourth-order valence-electron chi connectivity index (χ4n) is 8.75. The lowest BCUT2D eigenvalue weighted by Crippen LogP contribution is -2.45. The molecule has 0 aliphatic rings. The summed E-state index contributed by atoms with van der Waals surface area (Å²) in [6, 6.07) is -0.547. The summed E-state index contributed by atoms with van der Waals surface area (Å²) in [7, 11) is 0. The summed E-state index contributed by atoms with van der Waals surface area (Å²) < 4.78 is 5.45. The van der Waals surface area contributed by atoms with E-state index in [1.165, 1.54) is 231 Å². The molecule has 0 aromatic carbocycles. The highest BCUT2D eigenvalue weighted by molar-refractivity contribution is 5.76. The second-order valence-corrected chi connectivity index (χ2v) is 19.3. The number of amides is 1. The number of hydrogen-bond donors (Lipinski definition) is 3. The summed E-state index contributed by atoms with van der Waals surface area (Å²) in [5.41, 5.74) is 0. The van der Waals surface area contributed by atoms with Crippen molar-refractivity contribution in [2.24, 2.45) is 0 Å². The van der Waals surface area contributed by atoms with Crippen LogP contribution in [0.1, 0.15) is 309 Å². The molecule has 6 nitrogen and oxygen atoms in total. The number of nitrogens with one attached hydrogen (secondary N) is 1. The van der Waals surface area contributed by atoms with Crippen LogP contribution in [0.4, 0.5) is 0 Å². The molecule has 368 valence electrons. The van der Waals surface area contributed by atoms with Crippen molar-refractivity contribution in [3.8, 4) is 0 Å². The van der Waals surface area contributed by atoms with E-state index in [1.54, 1.807) is 0 Å². The average molecular weight is 876 g/mol. The molecule has 3 N–H and O–H groups in total. The second-order valence-electron chi connectivity index (χ2n) is 19.3. The molecule has 0 aliphatic heterocycles. The monoisotopic (exact) mass is 876 g/mol. The maximum Gasteiger partial charge on any atom is 0.305 e. The van der Waals surface area contributed by atoms with Crippen molar-refractivity contribution in [2.75, 3.05) is 13.2 Å². The van der Waals surface area contributed by atoms with Gasteiger partial charge >= 0.3 is 5.97 Å². The Bertz CT molecular complexity index is 924. The van der Waals surface area contributed by atoms with Gasteiger partial charge in [0.15, 0.2) is 0 Å². The number of aliphatic hydroxyl groups is 2. The van der Waals surface area contributed by atoms with Gasteiger partial charge in [0, 0.05) is 12.8 Å². The lowest BCUT2D eigenvalue weighted by molar-refractivity contribution is -0.143. The number of allylic oxidation sites excluding steroid dienone is 2. The first-order valence-corrected chi connectivity index (χ1v) is 27.9. The number of rotatable bonds is 52. The summed E-state index contributed by atoms with van der Waals surface area (Å²) in [6.45, 7) is 4.95. The molecular formula is C56H109NO5. The van der Waals surface area contributed by atoms with E-state index in [0.29, 0.717) is 25.9 Å². The lowest BCUT2D eigenvalue weighted by Gasteiger charge is -2.22. The van der Waals surface area contributed by atoms with E-state index in [0.717, 1.165) is 44.9 Å². The Morgan fingerprint density at radius 3 is 1.15 bits per heavy atom. The Morgan fingerprint density at radius 2 is 0.758 bits per heavy atom. The molecule has 0 fully saturated rings. The number of aliphatic hydroxyl groups excluding tert-OH is 2. The van der Waals surface area contributed by atoms with Crippen LogP contribution in [0.2, 0.25) is 0 Å². The van der Waals surface area contributed by atoms with Crippen LogP contribution in [0.3, 0.4) is 0 Å². The van der Waals surface area contributed by atoms with E-state index in [1.807, 2.05) is 0 Å². The third kappa shape index (κ3) is 48.1. The molecule has 0 rings (SSSR count). The molecule has 6 heteroatoms. The maximum absolute atomic E-state index is 12.5. The first-order valence-electron chi connectivity index (χ1n) is 27.9.